The van der Waals surface area contributed by atoms with Crippen molar-refractivity contribution in [3.63, 3.8) is 0 Å². The summed E-state index contributed by atoms with van der Waals surface area (Å²) in [5.41, 5.74) is 0. The molecule has 5 nitrogen and oxygen atoms in total. The molecular formula is C8H20O5P2S2. The van der Waals surface area contributed by atoms with Gasteiger partial charge in [0.2, 0.25) is 0 Å². The largest absolute Gasteiger partial charge is 0.335 e. The van der Waals surface area contributed by atoms with Crippen molar-refractivity contribution in [2.45, 2.75) is 52.7 Å². The maximum atomic E-state index is 9.18. The first kappa shape index (κ1) is 18.1. The summed E-state index contributed by atoms with van der Waals surface area (Å²) in [7, 11) is 0. The first-order chi connectivity index (χ1) is 7.62. The molecule has 17 heavy (non-hydrogen) atoms. The third-order valence-corrected chi connectivity index (χ3v) is 6.58. The van der Waals surface area contributed by atoms with E-state index in [0.717, 1.165) is 0 Å². The van der Waals surface area contributed by atoms with Crippen molar-refractivity contribution in [2.75, 3.05) is 0 Å². The van der Waals surface area contributed by atoms with E-state index in [4.69, 9.17) is 25.2 Å². The van der Waals surface area contributed by atoms with E-state index in [1.54, 1.807) is 0 Å². The molecule has 2 unspecified atom stereocenters. The molecule has 2 N–H and O–H groups in total. The summed E-state index contributed by atoms with van der Waals surface area (Å²) < 4.78 is 15.8. The molecule has 9 heteroatoms. The van der Waals surface area contributed by atoms with Gasteiger partial charge in [-0.3, -0.25) is 0 Å². The molecule has 0 radical (unpaired) electrons. The summed E-state index contributed by atoms with van der Waals surface area (Å²) in [6, 6.07) is 0. The molecule has 0 spiro atoms. The Morgan fingerprint density at radius 3 is 1.59 bits per heavy atom. The average Bonchev–Trinajstić information content (AvgIpc) is 2.13. The topological polar surface area (TPSA) is 68.2 Å². The molecular weight excluding hydrogens is 302 g/mol. The molecule has 0 amide bonds. The van der Waals surface area contributed by atoms with Crippen molar-refractivity contribution in [3.8, 4) is 0 Å². The number of rotatable bonds is 8. The van der Waals surface area contributed by atoms with Gasteiger partial charge in [-0.15, -0.1) is 0 Å². The zero-order valence-corrected chi connectivity index (χ0v) is 13.8. The maximum absolute atomic E-state index is 9.18. The van der Waals surface area contributed by atoms with Gasteiger partial charge in [-0.05, 0) is 50.3 Å². The van der Waals surface area contributed by atoms with Crippen LogP contribution in [-0.4, -0.2) is 22.0 Å². The van der Waals surface area contributed by atoms with Crippen molar-refractivity contribution < 1.29 is 23.1 Å². The van der Waals surface area contributed by atoms with E-state index in [2.05, 4.69) is 11.8 Å². The van der Waals surface area contributed by atoms with Gasteiger partial charge < -0.3 is 18.8 Å². The molecule has 0 aromatic rings. The van der Waals surface area contributed by atoms with E-state index in [-0.39, 0.29) is 12.2 Å². The predicted octanol–water partition coefficient (Wildman–Crippen LogP) is 3.07. The standard InChI is InChI=1S/C8H20O5P2S2/c1-5-7(3)11-15(17,12-8(4)6-2)13-14(9,10)16/h7-8H,5-6H2,1-4H3,(H2,9,10,16). The summed E-state index contributed by atoms with van der Waals surface area (Å²) in [5.74, 6) is 0. The molecule has 0 heterocycles. The summed E-state index contributed by atoms with van der Waals surface area (Å²) >= 11 is 9.53. The van der Waals surface area contributed by atoms with Gasteiger partial charge in [0.15, 0.2) is 0 Å². The molecule has 104 valence electrons. The number of hydrogen-bond acceptors (Lipinski definition) is 5. The van der Waals surface area contributed by atoms with Crippen LogP contribution in [0, 0.1) is 0 Å². The highest BCUT2D eigenvalue weighted by Gasteiger charge is 2.31. The second-order valence-electron chi connectivity index (χ2n) is 3.67. The van der Waals surface area contributed by atoms with Crippen molar-refractivity contribution in [3.05, 3.63) is 0 Å². The van der Waals surface area contributed by atoms with Crippen LogP contribution in [0.1, 0.15) is 40.5 Å². The minimum Gasteiger partial charge on any atom is -0.324 e. The van der Waals surface area contributed by atoms with E-state index in [9.17, 15) is 9.79 Å². The maximum Gasteiger partial charge on any atom is 0.335 e. The predicted molar refractivity (Wildman–Crippen MR) is 75.8 cm³/mol. The van der Waals surface area contributed by atoms with Crippen LogP contribution >= 0.6 is 13.4 Å². The first-order valence-electron chi connectivity index (χ1n) is 5.35. The van der Waals surface area contributed by atoms with Crippen LogP contribution in [0.5, 0.6) is 0 Å². The summed E-state index contributed by atoms with van der Waals surface area (Å²) in [6.45, 7) is 0.353. The van der Waals surface area contributed by atoms with Gasteiger partial charge in [0, 0.05) is 0 Å². The van der Waals surface area contributed by atoms with E-state index in [0.29, 0.717) is 12.8 Å². The second kappa shape index (κ2) is 7.63. The summed E-state index contributed by atoms with van der Waals surface area (Å²) in [5, 5.41) is 0. The minimum absolute atomic E-state index is 0.188. The van der Waals surface area contributed by atoms with Crippen LogP contribution in [0.3, 0.4) is 0 Å². The fraction of sp³-hybridized carbons (Fsp3) is 1.00. The molecule has 0 fully saturated rings. The van der Waals surface area contributed by atoms with E-state index >= 15 is 0 Å². The van der Waals surface area contributed by atoms with Crippen LogP contribution in [0.15, 0.2) is 0 Å². The molecule has 0 bridgehead atoms. The van der Waals surface area contributed by atoms with E-state index < -0.39 is 13.4 Å². The zero-order valence-electron chi connectivity index (χ0n) is 10.4. The first-order valence-corrected chi connectivity index (χ1v) is 10.5. The van der Waals surface area contributed by atoms with Crippen LogP contribution < -0.4 is 0 Å². The second-order valence-corrected chi connectivity index (χ2v) is 9.39. The Kier molecular flexibility index (Phi) is 8.13. The lowest BCUT2D eigenvalue weighted by Crippen LogP contribution is -2.12. The van der Waals surface area contributed by atoms with Gasteiger partial charge in [0.05, 0.1) is 12.2 Å². The van der Waals surface area contributed by atoms with Gasteiger partial charge in [-0.25, -0.2) is 4.31 Å². The Morgan fingerprint density at radius 1 is 1.00 bits per heavy atom. The van der Waals surface area contributed by atoms with E-state index in [1.807, 2.05) is 27.7 Å². The molecule has 0 rings (SSSR count). The van der Waals surface area contributed by atoms with Crippen LogP contribution in [0.2, 0.25) is 0 Å². The molecule has 2 atom stereocenters. The monoisotopic (exact) mass is 322 g/mol. The van der Waals surface area contributed by atoms with Gasteiger partial charge >= 0.3 is 13.4 Å². The zero-order chi connectivity index (χ0) is 13.7. The van der Waals surface area contributed by atoms with E-state index in [1.165, 1.54) is 0 Å². The van der Waals surface area contributed by atoms with Crippen molar-refractivity contribution in [1.29, 1.82) is 0 Å². The minimum atomic E-state index is -3.89. The third-order valence-electron chi connectivity index (χ3n) is 1.97. The molecule has 0 saturated heterocycles. The lowest BCUT2D eigenvalue weighted by molar-refractivity contribution is 0.119. The molecule has 0 aromatic carbocycles. The van der Waals surface area contributed by atoms with Crippen molar-refractivity contribution in [2.24, 2.45) is 0 Å². The van der Waals surface area contributed by atoms with Gasteiger partial charge in [0.1, 0.15) is 0 Å². The molecule has 0 aliphatic rings. The molecule has 0 aliphatic heterocycles. The molecule has 0 aromatic heterocycles. The Balaban J connectivity index is 4.81. The molecule has 0 saturated carbocycles. The third kappa shape index (κ3) is 8.76. The molecule has 0 aliphatic carbocycles. The SMILES string of the molecule is CCC(C)OP(=S)(OC(C)CC)OP(O)(O)=S. The fourth-order valence-electron chi connectivity index (χ4n) is 0.783. The van der Waals surface area contributed by atoms with Gasteiger partial charge in [-0.2, -0.15) is 0 Å². The van der Waals surface area contributed by atoms with Crippen LogP contribution in [0.4, 0.5) is 0 Å². The number of hydrogen-bond donors (Lipinski definition) is 2. The van der Waals surface area contributed by atoms with Crippen molar-refractivity contribution in [1.82, 2.24) is 0 Å². The lowest BCUT2D eigenvalue weighted by Gasteiger charge is -2.28. The van der Waals surface area contributed by atoms with Gasteiger partial charge in [-0.1, -0.05) is 13.8 Å². The Morgan fingerprint density at radius 2 is 1.35 bits per heavy atom. The highest BCUT2D eigenvalue weighted by atomic mass is 32.5. The fourth-order valence-corrected chi connectivity index (χ4v) is 6.25. The summed E-state index contributed by atoms with van der Waals surface area (Å²) in [4.78, 5) is 18.4. The Labute approximate surface area is 113 Å². The Bertz CT molecular complexity index is 303. The van der Waals surface area contributed by atoms with Gasteiger partial charge in [0.25, 0.3) is 0 Å². The van der Waals surface area contributed by atoms with Crippen LogP contribution in [0.25, 0.3) is 0 Å². The normalized spacial score (nSPS) is 19.6. The summed E-state index contributed by atoms with van der Waals surface area (Å²) in [6.07, 6.45) is 1.05. The average molecular weight is 322 g/mol. The highest BCUT2D eigenvalue weighted by Crippen LogP contribution is 2.63. The van der Waals surface area contributed by atoms with Crippen LogP contribution in [-0.2, 0) is 37.0 Å². The smallest absolute Gasteiger partial charge is 0.324 e. The highest BCUT2D eigenvalue weighted by molar-refractivity contribution is 8.14. The lowest BCUT2D eigenvalue weighted by atomic mass is 10.3. The quantitative estimate of drug-likeness (QED) is 0.666. The Hall–Kier alpha value is 1.10. The van der Waals surface area contributed by atoms with Crippen molar-refractivity contribution >= 4 is 37.1 Å².